The van der Waals surface area contributed by atoms with Gasteiger partial charge in [-0.15, -0.1) is 0 Å². The minimum absolute atomic E-state index is 0.233. The van der Waals surface area contributed by atoms with Crippen molar-refractivity contribution >= 4 is 11.6 Å². The number of rotatable bonds is 5. The average Bonchev–Trinajstić information content (AvgIpc) is 2.46. The molecule has 1 fully saturated rings. The monoisotopic (exact) mass is 297 g/mol. The Balaban J connectivity index is 2.12. The summed E-state index contributed by atoms with van der Waals surface area (Å²) in [6.07, 6.45) is 5.72. The van der Waals surface area contributed by atoms with Gasteiger partial charge in [-0.05, 0) is 55.7 Å². The molecule has 3 heteroatoms. The molecule has 0 radical (unpaired) electrons. The number of benzene rings is 1. The maximum absolute atomic E-state index is 14.1. The van der Waals surface area contributed by atoms with Gasteiger partial charge < -0.3 is 5.32 Å². The fourth-order valence-electron chi connectivity index (χ4n) is 3.48. The molecule has 0 bridgehead atoms. The van der Waals surface area contributed by atoms with Crippen molar-refractivity contribution in [1.82, 2.24) is 5.32 Å². The molecule has 3 atom stereocenters. The van der Waals surface area contributed by atoms with Crippen LogP contribution in [-0.4, -0.2) is 12.6 Å². The number of nitrogens with one attached hydrogen (secondary N) is 1. The van der Waals surface area contributed by atoms with Gasteiger partial charge in [0.15, 0.2) is 0 Å². The first-order valence-corrected chi connectivity index (χ1v) is 8.19. The van der Waals surface area contributed by atoms with Crippen LogP contribution in [0.1, 0.15) is 45.1 Å². The van der Waals surface area contributed by atoms with Gasteiger partial charge in [-0.25, -0.2) is 4.39 Å². The Hall–Kier alpha value is -0.600. The van der Waals surface area contributed by atoms with E-state index in [9.17, 15) is 4.39 Å². The van der Waals surface area contributed by atoms with Crippen molar-refractivity contribution in [3.63, 3.8) is 0 Å². The Kier molecular flexibility index (Phi) is 5.86. The zero-order valence-electron chi connectivity index (χ0n) is 12.5. The molecule has 1 aliphatic carbocycles. The topological polar surface area (TPSA) is 12.0 Å². The molecule has 1 aromatic carbocycles. The van der Waals surface area contributed by atoms with E-state index in [1.165, 1.54) is 25.7 Å². The van der Waals surface area contributed by atoms with Crippen molar-refractivity contribution in [2.75, 3.05) is 6.54 Å². The van der Waals surface area contributed by atoms with E-state index < -0.39 is 0 Å². The Bertz CT molecular complexity index is 435. The van der Waals surface area contributed by atoms with Gasteiger partial charge in [0, 0.05) is 6.04 Å². The molecule has 2 rings (SSSR count). The lowest BCUT2D eigenvalue weighted by molar-refractivity contribution is 0.199. The van der Waals surface area contributed by atoms with Crippen LogP contribution in [0.2, 0.25) is 5.02 Å². The average molecular weight is 298 g/mol. The first-order valence-electron chi connectivity index (χ1n) is 7.81. The van der Waals surface area contributed by atoms with E-state index in [4.69, 9.17) is 11.6 Å². The summed E-state index contributed by atoms with van der Waals surface area (Å²) in [5.41, 5.74) is 0.766. The molecule has 0 aromatic heterocycles. The first-order chi connectivity index (χ1) is 9.65. The molecule has 1 aromatic rings. The van der Waals surface area contributed by atoms with Gasteiger partial charge in [0.25, 0.3) is 0 Å². The third kappa shape index (κ3) is 3.73. The van der Waals surface area contributed by atoms with E-state index in [-0.39, 0.29) is 10.8 Å². The van der Waals surface area contributed by atoms with Crippen LogP contribution in [0.15, 0.2) is 18.2 Å². The highest BCUT2D eigenvalue weighted by molar-refractivity contribution is 6.30. The molecule has 0 amide bonds. The summed E-state index contributed by atoms with van der Waals surface area (Å²) in [6.45, 7) is 5.38. The van der Waals surface area contributed by atoms with Gasteiger partial charge in [-0.3, -0.25) is 0 Å². The minimum atomic E-state index is -0.233. The van der Waals surface area contributed by atoms with E-state index in [2.05, 4.69) is 19.2 Å². The highest BCUT2D eigenvalue weighted by Crippen LogP contribution is 2.34. The second-order valence-electron chi connectivity index (χ2n) is 5.93. The minimum Gasteiger partial charge on any atom is -0.314 e. The van der Waals surface area contributed by atoms with Crippen LogP contribution < -0.4 is 5.32 Å². The summed E-state index contributed by atoms with van der Waals surface area (Å²) in [5.74, 6) is 1.07. The van der Waals surface area contributed by atoms with Crippen LogP contribution in [0.5, 0.6) is 0 Å². The molecule has 1 saturated carbocycles. The number of halogens is 2. The third-order valence-corrected chi connectivity index (χ3v) is 4.94. The summed E-state index contributed by atoms with van der Waals surface area (Å²) >= 11 is 5.89. The lowest BCUT2D eigenvalue weighted by atomic mass is 9.74. The standard InChI is InChI=1S/C17H25ClFN/c1-3-12-8-9-16(20-4-2)14(10-12)11-13-6-5-7-15(18)17(13)19/h5-7,12,14,16,20H,3-4,8-11H2,1-2H3. The maximum Gasteiger partial charge on any atom is 0.144 e. The van der Waals surface area contributed by atoms with Gasteiger partial charge >= 0.3 is 0 Å². The van der Waals surface area contributed by atoms with Crippen LogP contribution in [0.4, 0.5) is 4.39 Å². The van der Waals surface area contributed by atoms with Crippen molar-refractivity contribution < 1.29 is 4.39 Å². The van der Waals surface area contributed by atoms with E-state index in [0.29, 0.717) is 12.0 Å². The Labute approximate surface area is 126 Å². The molecule has 1 nitrogen and oxygen atoms in total. The highest BCUT2D eigenvalue weighted by atomic mass is 35.5. The van der Waals surface area contributed by atoms with E-state index >= 15 is 0 Å². The van der Waals surface area contributed by atoms with Gasteiger partial charge in [0.05, 0.1) is 5.02 Å². The van der Waals surface area contributed by atoms with Gasteiger partial charge in [-0.2, -0.15) is 0 Å². The molecule has 0 saturated heterocycles. The molecular formula is C17H25ClFN. The lowest BCUT2D eigenvalue weighted by Gasteiger charge is -2.36. The largest absolute Gasteiger partial charge is 0.314 e. The molecule has 112 valence electrons. The molecule has 0 aliphatic heterocycles. The second-order valence-corrected chi connectivity index (χ2v) is 6.34. The summed E-state index contributed by atoms with van der Waals surface area (Å²) in [4.78, 5) is 0. The smallest absolute Gasteiger partial charge is 0.144 e. The number of hydrogen-bond acceptors (Lipinski definition) is 1. The highest BCUT2D eigenvalue weighted by Gasteiger charge is 2.29. The normalized spacial score (nSPS) is 26.7. The molecule has 1 aliphatic rings. The second kappa shape index (κ2) is 7.42. The van der Waals surface area contributed by atoms with Crippen LogP contribution in [0.3, 0.4) is 0 Å². The molecule has 20 heavy (non-hydrogen) atoms. The van der Waals surface area contributed by atoms with Gasteiger partial charge in [-0.1, -0.05) is 44.0 Å². The summed E-state index contributed by atoms with van der Waals surface area (Å²) in [6, 6.07) is 5.86. The Morgan fingerprint density at radius 3 is 2.80 bits per heavy atom. The molecular weight excluding hydrogens is 273 g/mol. The summed E-state index contributed by atoms with van der Waals surface area (Å²) < 4.78 is 14.1. The van der Waals surface area contributed by atoms with E-state index in [0.717, 1.165) is 24.4 Å². The quantitative estimate of drug-likeness (QED) is 0.821. The van der Waals surface area contributed by atoms with Crippen LogP contribution in [0.25, 0.3) is 0 Å². The zero-order chi connectivity index (χ0) is 14.5. The van der Waals surface area contributed by atoms with Gasteiger partial charge in [0.1, 0.15) is 5.82 Å². The van der Waals surface area contributed by atoms with Crippen molar-refractivity contribution in [3.05, 3.63) is 34.6 Å². The predicted octanol–water partition coefficient (Wildman–Crippen LogP) is 4.83. The summed E-state index contributed by atoms with van der Waals surface area (Å²) in [5, 5.41) is 3.82. The maximum atomic E-state index is 14.1. The summed E-state index contributed by atoms with van der Waals surface area (Å²) in [7, 11) is 0. The molecule has 0 heterocycles. The molecule has 1 N–H and O–H groups in total. The van der Waals surface area contributed by atoms with E-state index in [1.807, 2.05) is 12.1 Å². The number of hydrogen-bond donors (Lipinski definition) is 1. The lowest BCUT2D eigenvalue weighted by Crippen LogP contribution is -2.41. The van der Waals surface area contributed by atoms with Gasteiger partial charge in [0.2, 0.25) is 0 Å². The Morgan fingerprint density at radius 2 is 2.10 bits per heavy atom. The fraction of sp³-hybridized carbons (Fsp3) is 0.647. The first kappa shape index (κ1) is 15.8. The van der Waals surface area contributed by atoms with Crippen LogP contribution in [0, 0.1) is 17.7 Å². The van der Waals surface area contributed by atoms with Crippen molar-refractivity contribution in [3.8, 4) is 0 Å². The Morgan fingerprint density at radius 1 is 1.30 bits per heavy atom. The molecule has 0 spiro atoms. The SMILES string of the molecule is CCNC1CCC(CC)CC1Cc1cccc(Cl)c1F. The predicted molar refractivity (Wildman–Crippen MR) is 83.7 cm³/mol. The fourth-order valence-corrected chi connectivity index (χ4v) is 3.67. The van der Waals surface area contributed by atoms with Crippen molar-refractivity contribution in [1.29, 1.82) is 0 Å². The third-order valence-electron chi connectivity index (χ3n) is 4.65. The van der Waals surface area contributed by atoms with Crippen molar-refractivity contribution in [2.45, 2.75) is 52.0 Å². The van der Waals surface area contributed by atoms with E-state index in [1.54, 1.807) is 6.07 Å². The van der Waals surface area contributed by atoms with Crippen molar-refractivity contribution in [2.24, 2.45) is 11.8 Å². The zero-order valence-corrected chi connectivity index (χ0v) is 13.2. The molecule has 3 unspecified atom stereocenters. The van der Waals surface area contributed by atoms with Crippen LogP contribution in [-0.2, 0) is 6.42 Å². The van der Waals surface area contributed by atoms with Crippen LogP contribution >= 0.6 is 11.6 Å².